The Balaban J connectivity index is 1.84. The number of carbonyl (C=O) groups is 1. The third-order valence-electron chi connectivity index (χ3n) is 3.23. The SMILES string of the molecule is COc1cc(OC)cc(C(=O)Oc2cccc(-n3cnnn3)c2)c1. The smallest absolute Gasteiger partial charge is 0.343 e. The second-order valence-corrected chi connectivity index (χ2v) is 4.74. The lowest BCUT2D eigenvalue weighted by Gasteiger charge is -2.09. The quantitative estimate of drug-likeness (QED) is 0.522. The van der Waals surface area contributed by atoms with Gasteiger partial charge in [0.1, 0.15) is 23.6 Å². The van der Waals surface area contributed by atoms with Crippen molar-refractivity contribution >= 4 is 5.97 Å². The summed E-state index contributed by atoms with van der Waals surface area (Å²) in [5.74, 6) is 0.850. The van der Waals surface area contributed by atoms with Crippen LogP contribution in [0.3, 0.4) is 0 Å². The molecule has 0 aliphatic carbocycles. The van der Waals surface area contributed by atoms with Gasteiger partial charge in [-0.25, -0.2) is 9.48 Å². The first-order valence-corrected chi connectivity index (χ1v) is 6.98. The minimum Gasteiger partial charge on any atom is -0.497 e. The molecule has 0 amide bonds. The number of esters is 1. The number of aromatic nitrogens is 4. The van der Waals surface area contributed by atoms with E-state index in [1.807, 2.05) is 0 Å². The third-order valence-corrected chi connectivity index (χ3v) is 3.23. The Morgan fingerprint density at radius 1 is 1.00 bits per heavy atom. The molecule has 0 saturated heterocycles. The monoisotopic (exact) mass is 326 g/mol. The molecule has 0 radical (unpaired) electrons. The van der Waals surface area contributed by atoms with Crippen LogP contribution in [-0.4, -0.2) is 40.4 Å². The molecule has 3 rings (SSSR count). The molecular weight excluding hydrogens is 312 g/mol. The zero-order valence-electron chi connectivity index (χ0n) is 13.0. The van der Waals surface area contributed by atoms with Gasteiger partial charge < -0.3 is 14.2 Å². The van der Waals surface area contributed by atoms with Crippen LogP contribution in [0.1, 0.15) is 10.4 Å². The highest BCUT2D eigenvalue weighted by molar-refractivity contribution is 5.92. The molecule has 0 aliphatic heterocycles. The normalized spacial score (nSPS) is 10.2. The number of rotatable bonds is 5. The average Bonchev–Trinajstić information content (AvgIpc) is 3.16. The van der Waals surface area contributed by atoms with Crippen LogP contribution in [0.5, 0.6) is 17.2 Å². The number of benzene rings is 2. The van der Waals surface area contributed by atoms with E-state index in [2.05, 4.69) is 15.5 Å². The van der Waals surface area contributed by atoms with Gasteiger partial charge >= 0.3 is 5.97 Å². The number of tetrazole rings is 1. The standard InChI is InChI=1S/C16H14N4O4/c1-22-14-6-11(7-15(9-14)23-2)16(21)24-13-5-3-4-12(8-13)20-10-17-18-19-20/h3-10H,1-2H3. The zero-order chi connectivity index (χ0) is 16.9. The maximum absolute atomic E-state index is 12.4. The fourth-order valence-corrected chi connectivity index (χ4v) is 2.06. The van der Waals surface area contributed by atoms with Gasteiger partial charge in [0.2, 0.25) is 0 Å². The molecule has 0 atom stereocenters. The first kappa shape index (κ1) is 15.5. The summed E-state index contributed by atoms with van der Waals surface area (Å²) in [6.07, 6.45) is 1.45. The van der Waals surface area contributed by atoms with Gasteiger partial charge in [-0.3, -0.25) is 0 Å². The highest BCUT2D eigenvalue weighted by atomic mass is 16.5. The van der Waals surface area contributed by atoms with E-state index in [4.69, 9.17) is 14.2 Å². The number of ether oxygens (including phenoxy) is 3. The van der Waals surface area contributed by atoms with Crippen molar-refractivity contribution in [2.45, 2.75) is 0 Å². The number of carbonyl (C=O) groups excluding carboxylic acids is 1. The van der Waals surface area contributed by atoms with Crippen molar-refractivity contribution in [2.24, 2.45) is 0 Å². The lowest BCUT2D eigenvalue weighted by Crippen LogP contribution is -2.09. The summed E-state index contributed by atoms with van der Waals surface area (Å²) in [6.45, 7) is 0. The van der Waals surface area contributed by atoms with E-state index in [-0.39, 0.29) is 0 Å². The summed E-state index contributed by atoms with van der Waals surface area (Å²) in [5.41, 5.74) is 0.993. The molecule has 0 N–H and O–H groups in total. The van der Waals surface area contributed by atoms with Crippen LogP contribution in [0.2, 0.25) is 0 Å². The minimum absolute atomic E-state index is 0.319. The molecule has 122 valence electrons. The first-order valence-electron chi connectivity index (χ1n) is 6.98. The molecule has 8 heteroatoms. The van der Waals surface area contributed by atoms with Crippen molar-refractivity contribution < 1.29 is 19.0 Å². The molecule has 1 heterocycles. The highest BCUT2D eigenvalue weighted by Gasteiger charge is 2.13. The fraction of sp³-hybridized carbons (Fsp3) is 0.125. The van der Waals surface area contributed by atoms with Gasteiger partial charge in [-0.05, 0) is 34.7 Å². The molecule has 24 heavy (non-hydrogen) atoms. The Labute approximate surface area is 137 Å². The van der Waals surface area contributed by atoms with Gasteiger partial charge in [0, 0.05) is 12.1 Å². The van der Waals surface area contributed by atoms with Crippen LogP contribution < -0.4 is 14.2 Å². The van der Waals surface area contributed by atoms with Gasteiger partial charge in [-0.15, -0.1) is 5.10 Å². The molecule has 1 aromatic heterocycles. The Morgan fingerprint density at radius 3 is 2.38 bits per heavy atom. The van der Waals surface area contributed by atoms with Gasteiger partial charge in [-0.1, -0.05) is 6.07 Å². The summed E-state index contributed by atoms with van der Waals surface area (Å²) in [6, 6.07) is 11.7. The van der Waals surface area contributed by atoms with Crippen molar-refractivity contribution in [1.29, 1.82) is 0 Å². The molecular formula is C16H14N4O4. The van der Waals surface area contributed by atoms with Crippen LogP contribution in [0, 0.1) is 0 Å². The molecule has 0 spiro atoms. The lowest BCUT2D eigenvalue weighted by molar-refractivity contribution is 0.0734. The van der Waals surface area contributed by atoms with Crippen molar-refractivity contribution in [1.82, 2.24) is 20.2 Å². The number of hydrogen-bond acceptors (Lipinski definition) is 7. The van der Waals surface area contributed by atoms with Crippen LogP contribution in [0.25, 0.3) is 5.69 Å². The second kappa shape index (κ2) is 6.78. The van der Waals surface area contributed by atoms with E-state index in [1.165, 1.54) is 25.2 Å². The van der Waals surface area contributed by atoms with E-state index >= 15 is 0 Å². The third kappa shape index (κ3) is 3.32. The van der Waals surface area contributed by atoms with Gasteiger partial charge in [0.25, 0.3) is 0 Å². The van der Waals surface area contributed by atoms with E-state index in [0.717, 1.165) is 0 Å². The van der Waals surface area contributed by atoms with Crippen LogP contribution in [0.15, 0.2) is 48.8 Å². The van der Waals surface area contributed by atoms with E-state index in [9.17, 15) is 4.79 Å². The van der Waals surface area contributed by atoms with Crippen molar-refractivity contribution in [3.05, 3.63) is 54.4 Å². The lowest BCUT2D eigenvalue weighted by atomic mass is 10.2. The Hall–Kier alpha value is -3.42. The molecule has 0 fully saturated rings. The molecule has 0 unspecified atom stereocenters. The van der Waals surface area contributed by atoms with Gasteiger partial charge in [0.05, 0.1) is 25.5 Å². The average molecular weight is 326 g/mol. The predicted octanol–water partition coefficient (Wildman–Crippen LogP) is 1.90. The van der Waals surface area contributed by atoms with Gasteiger partial charge in [-0.2, -0.15) is 0 Å². The second-order valence-electron chi connectivity index (χ2n) is 4.74. The Bertz CT molecular complexity index is 827. The van der Waals surface area contributed by atoms with E-state index < -0.39 is 5.97 Å². The Morgan fingerprint density at radius 2 is 1.75 bits per heavy atom. The number of hydrogen-bond donors (Lipinski definition) is 0. The van der Waals surface area contributed by atoms with E-state index in [0.29, 0.717) is 28.5 Å². The van der Waals surface area contributed by atoms with Gasteiger partial charge in [0.15, 0.2) is 0 Å². The molecule has 3 aromatic rings. The fourth-order valence-electron chi connectivity index (χ4n) is 2.06. The maximum Gasteiger partial charge on any atom is 0.343 e. The van der Waals surface area contributed by atoms with Crippen molar-refractivity contribution in [3.63, 3.8) is 0 Å². The van der Waals surface area contributed by atoms with E-state index in [1.54, 1.807) is 42.5 Å². The summed E-state index contributed by atoms with van der Waals surface area (Å²) in [5, 5.41) is 10.9. The highest BCUT2D eigenvalue weighted by Crippen LogP contribution is 2.24. The minimum atomic E-state index is -0.527. The maximum atomic E-state index is 12.4. The first-order chi connectivity index (χ1) is 11.7. The topological polar surface area (TPSA) is 88.4 Å². The predicted molar refractivity (Wildman–Crippen MR) is 83.7 cm³/mol. The number of nitrogens with zero attached hydrogens (tertiary/aromatic N) is 4. The summed E-state index contributed by atoms with van der Waals surface area (Å²) >= 11 is 0. The summed E-state index contributed by atoms with van der Waals surface area (Å²) in [4.78, 5) is 12.4. The molecule has 0 saturated carbocycles. The van der Waals surface area contributed by atoms with Crippen molar-refractivity contribution in [2.75, 3.05) is 14.2 Å². The van der Waals surface area contributed by atoms with Crippen LogP contribution >= 0.6 is 0 Å². The molecule has 0 aliphatic rings. The molecule has 2 aromatic carbocycles. The van der Waals surface area contributed by atoms with Crippen molar-refractivity contribution in [3.8, 4) is 22.9 Å². The Kier molecular flexibility index (Phi) is 4.37. The van der Waals surface area contributed by atoms with Crippen LogP contribution in [0.4, 0.5) is 0 Å². The van der Waals surface area contributed by atoms with Crippen LogP contribution in [-0.2, 0) is 0 Å². The largest absolute Gasteiger partial charge is 0.497 e. The summed E-state index contributed by atoms with van der Waals surface area (Å²) in [7, 11) is 3.03. The molecule has 0 bridgehead atoms. The molecule has 8 nitrogen and oxygen atoms in total. The number of methoxy groups -OCH3 is 2. The zero-order valence-corrected chi connectivity index (χ0v) is 13.0. The summed E-state index contributed by atoms with van der Waals surface area (Å²) < 4.78 is 17.2.